The fourth-order valence-electron chi connectivity index (χ4n) is 5.57. The van der Waals surface area contributed by atoms with Crippen molar-refractivity contribution in [1.29, 1.82) is 0 Å². The van der Waals surface area contributed by atoms with E-state index in [1.165, 1.54) is 15.8 Å². The molecule has 196 valence electrons. The Labute approximate surface area is 223 Å². The number of aromatic nitrogens is 7. The Balaban J connectivity index is 1.41. The Morgan fingerprint density at radius 2 is 1.97 bits per heavy atom. The Bertz CT molecular complexity index is 1790. The predicted octanol–water partition coefficient (Wildman–Crippen LogP) is 3.10. The Morgan fingerprint density at radius 3 is 2.72 bits per heavy atom. The highest BCUT2D eigenvalue weighted by Gasteiger charge is 2.51. The van der Waals surface area contributed by atoms with E-state index in [0.29, 0.717) is 6.42 Å². The van der Waals surface area contributed by atoms with Gasteiger partial charge in [0.25, 0.3) is 0 Å². The molecule has 0 radical (unpaired) electrons. The standard InChI is InChI=1S/C28H27N9O2/c1-16-8-9-21(29-12-16)23-14-30-25(33-23)22-11-18-10-17-6-4-5-7-20(17)32-24(18)28(34-22,19-13-31-36(2)15-19)26-35-37(3)27(38)39-26/h4-9,12-15,22,32,34H,10-11H2,1-3H3,(H,30,33)/t22-,28?/m1/s1. The average Bonchev–Trinajstić information content (AvgIpc) is 3.68. The number of hydrogen-bond donors (Lipinski definition) is 3. The number of anilines is 1. The number of fused-ring (bicyclic) bond motifs is 1. The number of rotatable bonds is 4. The first-order chi connectivity index (χ1) is 18.9. The highest BCUT2D eigenvalue weighted by molar-refractivity contribution is 5.65. The number of aryl methyl sites for hydroxylation is 3. The minimum Gasteiger partial charge on any atom is -0.389 e. The maximum Gasteiger partial charge on any atom is 0.436 e. The number of H-pyrrole nitrogens is 1. The first-order valence-electron chi connectivity index (χ1n) is 12.8. The third-order valence-electron chi connectivity index (χ3n) is 7.50. The molecule has 4 aromatic heterocycles. The second-order valence-electron chi connectivity index (χ2n) is 10.2. The fourth-order valence-corrected chi connectivity index (χ4v) is 5.57. The monoisotopic (exact) mass is 521 g/mol. The minimum atomic E-state index is -1.12. The molecule has 2 aliphatic heterocycles. The second kappa shape index (κ2) is 8.63. The van der Waals surface area contributed by atoms with E-state index in [4.69, 9.17) is 9.40 Å². The maximum absolute atomic E-state index is 12.6. The zero-order chi connectivity index (χ0) is 26.7. The third kappa shape index (κ3) is 3.73. The van der Waals surface area contributed by atoms with E-state index in [2.05, 4.69) is 42.9 Å². The van der Waals surface area contributed by atoms with Gasteiger partial charge >= 0.3 is 5.76 Å². The number of para-hydroxylation sites is 1. The molecule has 0 saturated heterocycles. The summed E-state index contributed by atoms with van der Waals surface area (Å²) < 4.78 is 8.75. The SMILES string of the molecule is Cc1ccc(-c2c[nH]c([C@H]3CC4=C(Nc5ccccc5C4)C(c4cnn(C)c4)(c4nn(C)c(=O)o4)N3)n2)nc1. The van der Waals surface area contributed by atoms with E-state index in [1.54, 1.807) is 17.9 Å². The van der Waals surface area contributed by atoms with Gasteiger partial charge in [-0.1, -0.05) is 24.3 Å². The first-order valence-corrected chi connectivity index (χ1v) is 12.8. The van der Waals surface area contributed by atoms with Gasteiger partial charge in [0.05, 0.1) is 17.9 Å². The molecule has 0 amide bonds. The molecule has 0 saturated carbocycles. The van der Waals surface area contributed by atoms with Crippen LogP contribution in [-0.2, 0) is 26.1 Å². The molecule has 11 heteroatoms. The van der Waals surface area contributed by atoms with Crippen molar-refractivity contribution in [2.75, 3.05) is 5.32 Å². The molecule has 0 fully saturated rings. The lowest BCUT2D eigenvalue weighted by Crippen LogP contribution is -2.53. The molecule has 1 unspecified atom stereocenters. The number of imidazole rings is 1. The molecular formula is C28H27N9O2. The zero-order valence-corrected chi connectivity index (χ0v) is 21.8. The molecule has 3 N–H and O–H groups in total. The molecule has 0 bridgehead atoms. The Morgan fingerprint density at radius 1 is 1.10 bits per heavy atom. The van der Waals surface area contributed by atoms with Gasteiger partial charge in [0.1, 0.15) is 11.5 Å². The van der Waals surface area contributed by atoms with E-state index < -0.39 is 11.3 Å². The molecule has 5 aromatic rings. The predicted molar refractivity (Wildman–Crippen MR) is 144 cm³/mol. The number of nitrogens with zero attached hydrogens (tertiary/aromatic N) is 6. The smallest absolute Gasteiger partial charge is 0.389 e. The highest BCUT2D eigenvalue weighted by Crippen LogP contribution is 2.48. The highest BCUT2D eigenvalue weighted by atomic mass is 16.4. The van der Waals surface area contributed by atoms with Crippen LogP contribution in [0.1, 0.15) is 40.9 Å². The normalized spacial score (nSPS) is 20.4. The summed E-state index contributed by atoms with van der Waals surface area (Å²) in [5, 5.41) is 16.5. The van der Waals surface area contributed by atoms with Gasteiger partial charge in [-0.3, -0.25) is 15.0 Å². The Hall–Kier alpha value is -4.77. The second-order valence-corrected chi connectivity index (χ2v) is 10.2. The van der Waals surface area contributed by atoms with Crippen molar-refractivity contribution in [2.24, 2.45) is 14.1 Å². The van der Waals surface area contributed by atoms with E-state index in [0.717, 1.165) is 46.1 Å². The van der Waals surface area contributed by atoms with Crippen LogP contribution in [0.3, 0.4) is 0 Å². The van der Waals surface area contributed by atoms with Gasteiger partial charge < -0.3 is 14.7 Å². The summed E-state index contributed by atoms with van der Waals surface area (Å²) in [5.74, 6) is 0.449. The third-order valence-corrected chi connectivity index (χ3v) is 7.50. The van der Waals surface area contributed by atoms with Crippen LogP contribution in [0.5, 0.6) is 0 Å². The largest absolute Gasteiger partial charge is 0.436 e. The summed E-state index contributed by atoms with van der Waals surface area (Å²) in [5.41, 5.74) is 6.58. The molecule has 0 spiro atoms. The summed E-state index contributed by atoms with van der Waals surface area (Å²) in [4.78, 5) is 25.4. The first kappa shape index (κ1) is 23.4. The molecule has 2 atom stereocenters. The molecular weight excluding hydrogens is 494 g/mol. The van der Waals surface area contributed by atoms with E-state index in [1.807, 2.05) is 56.8 Å². The summed E-state index contributed by atoms with van der Waals surface area (Å²) >= 11 is 0. The van der Waals surface area contributed by atoms with Gasteiger partial charge in [0.15, 0.2) is 5.54 Å². The van der Waals surface area contributed by atoms with Crippen LogP contribution in [-0.4, -0.2) is 34.5 Å². The topological polar surface area (TPSA) is 131 Å². The van der Waals surface area contributed by atoms with Crippen LogP contribution in [0.2, 0.25) is 0 Å². The van der Waals surface area contributed by atoms with Crippen molar-refractivity contribution in [3.63, 3.8) is 0 Å². The average molecular weight is 522 g/mol. The molecule has 7 rings (SSSR count). The lowest BCUT2D eigenvalue weighted by atomic mass is 9.76. The van der Waals surface area contributed by atoms with Crippen molar-refractivity contribution in [3.8, 4) is 11.4 Å². The quantitative estimate of drug-likeness (QED) is 0.329. The molecule has 6 heterocycles. The molecule has 1 aromatic carbocycles. The fraction of sp³-hybridized carbons (Fsp3) is 0.250. The van der Waals surface area contributed by atoms with Crippen molar-refractivity contribution < 1.29 is 4.42 Å². The zero-order valence-electron chi connectivity index (χ0n) is 21.8. The van der Waals surface area contributed by atoms with Crippen molar-refractivity contribution >= 4 is 5.69 Å². The van der Waals surface area contributed by atoms with Crippen LogP contribution >= 0.6 is 0 Å². The van der Waals surface area contributed by atoms with Gasteiger partial charge in [0.2, 0.25) is 5.89 Å². The van der Waals surface area contributed by atoms with Crippen LogP contribution in [0, 0.1) is 6.92 Å². The number of nitrogens with one attached hydrogen (secondary N) is 3. The van der Waals surface area contributed by atoms with E-state index >= 15 is 0 Å². The summed E-state index contributed by atoms with van der Waals surface area (Å²) in [6, 6.07) is 12.0. The van der Waals surface area contributed by atoms with Gasteiger partial charge in [-0.2, -0.15) is 9.78 Å². The maximum atomic E-state index is 12.6. The van der Waals surface area contributed by atoms with Crippen LogP contribution < -0.4 is 16.4 Å². The van der Waals surface area contributed by atoms with Gasteiger partial charge in [0, 0.05) is 49.6 Å². The molecule has 0 aliphatic carbocycles. The van der Waals surface area contributed by atoms with Crippen molar-refractivity contribution in [2.45, 2.75) is 31.3 Å². The van der Waals surface area contributed by atoms with Crippen molar-refractivity contribution in [3.05, 3.63) is 111 Å². The summed E-state index contributed by atoms with van der Waals surface area (Å²) in [6.45, 7) is 2.01. The minimum absolute atomic E-state index is 0.235. The summed E-state index contributed by atoms with van der Waals surface area (Å²) in [6.07, 6.45) is 8.83. The van der Waals surface area contributed by atoms with Gasteiger partial charge in [-0.15, -0.1) is 5.10 Å². The lowest BCUT2D eigenvalue weighted by molar-refractivity contribution is 0.282. The number of hydrogen-bond acceptors (Lipinski definition) is 8. The molecule has 11 nitrogen and oxygen atoms in total. The lowest BCUT2D eigenvalue weighted by Gasteiger charge is -2.44. The van der Waals surface area contributed by atoms with Gasteiger partial charge in [-0.25, -0.2) is 9.78 Å². The van der Waals surface area contributed by atoms with Crippen LogP contribution in [0.25, 0.3) is 11.4 Å². The van der Waals surface area contributed by atoms with E-state index in [-0.39, 0.29) is 11.9 Å². The number of aromatic amines is 1. The van der Waals surface area contributed by atoms with Crippen molar-refractivity contribution in [1.82, 2.24) is 39.8 Å². The van der Waals surface area contributed by atoms with Crippen LogP contribution in [0.4, 0.5) is 5.69 Å². The number of pyridine rings is 1. The molecule has 39 heavy (non-hydrogen) atoms. The van der Waals surface area contributed by atoms with E-state index in [9.17, 15) is 4.79 Å². The van der Waals surface area contributed by atoms with Gasteiger partial charge in [-0.05, 0) is 48.6 Å². The van der Waals surface area contributed by atoms with Crippen LogP contribution in [0.15, 0.2) is 81.7 Å². The Kier molecular flexibility index (Phi) is 5.17. The number of benzene rings is 1. The summed E-state index contributed by atoms with van der Waals surface area (Å²) in [7, 11) is 3.44. The molecule has 2 aliphatic rings.